The SMILES string of the molecule is Cc1c(NC(=O)c2ccc(NS(=O)(=O)c3cccc([N+](=O)[O-])c3)cc2)cccc1OC(F)F. The molecule has 0 bridgehead atoms. The van der Waals surface area contributed by atoms with Crippen LogP contribution in [0, 0.1) is 17.0 Å². The van der Waals surface area contributed by atoms with Gasteiger partial charge in [0, 0.05) is 34.6 Å². The van der Waals surface area contributed by atoms with Crippen LogP contribution in [0.5, 0.6) is 5.75 Å². The van der Waals surface area contributed by atoms with Crippen molar-refractivity contribution >= 4 is 33.0 Å². The lowest BCUT2D eigenvalue weighted by Crippen LogP contribution is -2.15. The molecule has 9 nitrogen and oxygen atoms in total. The molecule has 3 aromatic rings. The Hall–Kier alpha value is -4.06. The van der Waals surface area contributed by atoms with Crippen LogP contribution in [0.2, 0.25) is 0 Å². The number of halogens is 2. The quantitative estimate of drug-likeness (QED) is 0.362. The first-order chi connectivity index (χ1) is 15.6. The van der Waals surface area contributed by atoms with Gasteiger partial charge < -0.3 is 10.1 Å². The van der Waals surface area contributed by atoms with E-state index >= 15 is 0 Å². The first-order valence-corrected chi connectivity index (χ1v) is 10.8. The Labute approximate surface area is 187 Å². The number of hydrogen-bond acceptors (Lipinski definition) is 6. The first kappa shape index (κ1) is 23.6. The zero-order chi connectivity index (χ0) is 24.2. The second-order valence-electron chi connectivity index (χ2n) is 6.70. The number of sulfonamides is 1. The van der Waals surface area contributed by atoms with Gasteiger partial charge in [-0.25, -0.2) is 8.42 Å². The van der Waals surface area contributed by atoms with Crippen molar-refractivity contribution < 1.29 is 31.7 Å². The molecule has 2 N–H and O–H groups in total. The van der Waals surface area contributed by atoms with Crippen LogP contribution in [0.3, 0.4) is 0 Å². The molecule has 0 unspecified atom stereocenters. The number of alkyl halides is 2. The molecule has 3 aromatic carbocycles. The summed E-state index contributed by atoms with van der Waals surface area (Å²) in [5.74, 6) is -0.630. The van der Waals surface area contributed by atoms with Gasteiger partial charge in [-0.2, -0.15) is 8.78 Å². The van der Waals surface area contributed by atoms with Crippen molar-refractivity contribution in [3.05, 3.63) is 88.0 Å². The molecular weight excluding hydrogens is 460 g/mol. The number of amides is 1. The van der Waals surface area contributed by atoms with Gasteiger partial charge in [-0.15, -0.1) is 0 Å². The van der Waals surface area contributed by atoms with E-state index in [4.69, 9.17) is 0 Å². The number of nitrogens with one attached hydrogen (secondary N) is 2. The van der Waals surface area contributed by atoms with E-state index in [1.165, 1.54) is 67.6 Å². The Morgan fingerprint density at radius 2 is 1.73 bits per heavy atom. The average molecular weight is 477 g/mol. The minimum absolute atomic E-state index is 0.0753. The fraction of sp³-hybridized carbons (Fsp3) is 0.0952. The maximum absolute atomic E-state index is 12.5. The smallest absolute Gasteiger partial charge is 0.387 e. The number of carbonyl (C=O) groups is 1. The number of ether oxygens (including phenoxy) is 1. The summed E-state index contributed by atoms with van der Waals surface area (Å²) >= 11 is 0. The van der Waals surface area contributed by atoms with Crippen LogP contribution in [0.1, 0.15) is 15.9 Å². The standard InChI is InChI=1S/C21H17F2N3O6S/c1-13-18(6-3-7-19(13)32-21(22)23)24-20(27)14-8-10-15(11-9-14)25-33(30,31)17-5-2-4-16(12-17)26(28)29/h2-12,21,25H,1H3,(H,24,27). The molecule has 0 fully saturated rings. The lowest BCUT2D eigenvalue weighted by atomic mass is 10.1. The van der Waals surface area contributed by atoms with E-state index in [0.717, 1.165) is 6.07 Å². The van der Waals surface area contributed by atoms with Crippen LogP contribution in [-0.4, -0.2) is 25.9 Å². The van der Waals surface area contributed by atoms with Gasteiger partial charge in [0.1, 0.15) is 5.75 Å². The Bertz CT molecular complexity index is 1300. The molecule has 0 atom stereocenters. The van der Waals surface area contributed by atoms with Gasteiger partial charge >= 0.3 is 6.61 Å². The molecule has 172 valence electrons. The second-order valence-corrected chi connectivity index (χ2v) is 8.38. The fourth-order valence-electron chi connectivity index (χ4n) is 2.84. The van der Waals surface area contributed by atoms with Crippen LogP contribution in [-0.2, 0) is 10.0 Å². The van der Waals surface area contributed by atoms with Crippen molar-refractivity contribution in [1.29, 1.82) is 0 Å². The van der Waals surface area contributed by atoms with Gasteiger partial charge in [0.25, 0.3) is 21.6 Å². The van der Waals surface area contributed by atoms with Gasteiger partial charge in [0.05, 0.1) is 9.82 Å². The van der Waals surface area contributed by atoms with Gasteiger partial charge in [0.2, 0.25) is 0 Å². The number of anilines is 2. The summed E-state index contributed by atoms with van der Waals surface area (Å²) in [6, 6.07) is 14.3. The van der Waals surface area contributed by atoms with Crippen molar-refractivity contribution in [2.24, 2.45) is 0 Å². The van der Waals surface area contributed by atoms with Gasteiger partial charge in [-0.05, 0) is 49.4 Å². The number of hydrogen-bond donors (Lipinski definition) is 2. The third-order valence-electron chi connectivity index (χ3n) is 4.49. The predicted octanol–water partition coefficient (Wildman–Crippen LogP) is 4.56. The highest BCUT2D eigenvalue weighted by Gasteiger charge is 2.18. The summed E-state index contributed by atoms with van der Waals surface area (Å²) < 4.78 is 56.7. The molecular formula is C21H17F2N3O6S. The Balaban J connectivity index is 1.73. The van der Waals surface area contributed by atoms with Gasteiger partial charge in [-0.1, -0.05) is 12.1 Å². The van der Waals surface area contributed by atoms with Crippen molar-refractivity contribution in [3.63, 3.8) is 0 Å². The van der Waals surface area contributed by atoms with Crippen molar-refractivity contribution in [2.75, 3.05) is 10.0 Å². The number of nitrogens with zero attached hydrogens (tertiary/aromatic N) is 1. The zero-order valence-electron chi connectivity index (χ0n) is 17.0. The summed E-state index contributed by atoms with van der Waals surface area (Å²) in [6.07, 6.45) is 0. The summed E-state index contributed by atoms with van der Waals surface area (Å²) in [5, 5.41) is 13.5. The van der Waals surface area contributed by atoms with E-state index < -0.39 is 27.5 Å². The van der Waals surface area contributed by atoms with Crippen LogP contribution in [0.4, 0.5) is 25.8 Å². The third kappa shape index (κ3) is 5.80. The van der Waals surface area contributed by atoms with E-state index in [0.29, 0.717) is 5.56 Å². The minimum Gasteiger partial charge on any atom is -0.434 e. The van der Waals surface area contributed by atoms with Gasteiger partial charge in [-0.3, -0.25) is 19.6 Å². The molecule has 0 saturated heterocycles. The highest BCUT2D eigenvalue weighted by atomic mass is 32.2. The normalized spacial score (nSPS) is 11.2. The summed E-state index contributed by atoms with van der Waals surface area (Å²) in [7, 11) is -4.10. The minimum atomic E-state index is -4.10. The number of rotatable bonds is 8. The third-order valence-corrected chi connectivity index (χ3v) is 5.87. The molecule has 0 spiro atoms. The highest BCUT2D eigenvalue weighted by molar-refractivity contribution is 7.92. The van der Waals surface area contributed by atoms with Crippen molar-refractivity contribution in [2.45, 2.75) is 18.4 Å². The average Bonchev–Trinajstić information content (AvgIpc) is 2.76. The molecule has 12 heteroatoms. The molecule has 0 aliphatic carbocycles. The molecule has 0 saturated carbocycles. The largest absolute Gasteiger partial charge is 0.434 e. The van der Waals surface area contributed by atoms with E-state index in [2.05, 4.69) is 14.8 Å². The molecule has 3 rings (SSSR count). The summed E-state index contributed by atoms with van der Waals surface area (Å²) in [4.78, 5) is 22.4. The lowest BCUT2D eigenvalue weighted by Gasteiger charge is -2.13. The Morgan fingerprint density at radius 1 is 1.06 bits per heavy atom. The van der Waals surface area contributed by atoms with Crippen LogP contribution >= 0.6 is 0 Å². The Morgan fingerprint density at radius 3 is 2.36 bits per heavy atom. The predicted molar refractivity (Wildman–Crippen MR) is 116 cm³/mol. The molecule has 0 aliphatic heterocycles. The maximum atomic E-state index is 12.5. The second kappa shape index (κ2) is 9.61. The zero-order valence-corrected chi connectivity index (χ0v) is 17.8. The van der Waals surface area contributed by atoms with Crippen molar-refractivity contribution in [1.82, 2.24) is 0 Å². The number of nitro benzene ring substituents is 1. The molecule has 0 radical (unpaired) electrons. The molecule has 0 heterocycles. The number of benzene rings is 3. The molecule has 0 aromatic heterocycles. The molecule has 0 aliphatic rings. The molecule has 1 amide bonds. The van der Waals surface area contributed by atoms with E-state index in [9.17, 15) is 32.1 Å². The lowest BCUT2D eigenvalue weighted by molar-refractivity contribution is -0.385. The Kier molecular flexibility index (Phi) is 6.87. The number of non-ortho nitro benzene ring substituents is 1. The monoisotopic (exact) mass is 477 g/mol. The molecule has 33 heavy (non-hydrogen) atoms. The van der Waals surface area contributed by atoms with Crippen LogP contribution in [0.15, 0.2) is 71.6 Å². The highest BCUT2D eigenvalue weighted by Crippen LogP contribution is 2.27. The maximum Gasteiger partial charge on any atom is 0.387 e. The summed E-state index contributed by atoms with van der Waals surface area (Å²) in [6.45, 7) is -1.49. The van der Waals surface area contributed by atoms with Crippen molar-refractivity contribution in [3.8, 4) is 5.75 Å². The van der Waals surface area contributed by atoms with E-state index in [1.54, 1.807) is 0 Å². The first-order valence-electron chi connectivity index (χ1n) is 9.30. The number of nitro groups is 1. The van der Waals surface area contributed by atoms with E-state index in [-0.39, 0.29) is 33.3 Å². The number of carbonyl (C=O) groups excluding carboxylic acids is 1. The van der Waals surface area contributed by atoms with E-state index in [1.807, 2.05) is 0 Å². The topological polar surface area (TPSA) is 128 Å². The van der Waals surface area contributed by atoms with Crippen LogP contribution < -0.4 is 14.8 Å². The fourth-order valence-corrected chi connectivity index (χ4v) is 3.93. The van der Waals surface area contributed by atoms with Crippen LogP contribution in [0.25, 0.3) is 0 Å². The van der Waals surface area contributed by atoms with Gasteiger partial charge in [0.15, 0.2) is 0 Å². The summed E-state index contributed by atoms with van der Waals surface area (Å²) in [5.41, 5.74) is 0.513.